The smallest absolute Gasteiger partial charge is 0.319 e. The molecule has 4 N–H and O–H groups in total. The third-order valence-corrected chi connectivity index (χ3v) is 4.87. The lowest BCUT2D eigenvalue weighted by Gasteiger charge is -2.11. The standard InChI is InChI=1S/C22H26N4O3/c27-20(23-14-15-24-22(29)26-18-8-2-1-3-9-18)17-10-12-19(13-11-17)25-21(28)16-6-4-5-7-16/h1-3,8-13,16H,4-7,14-15H2,(H,23,27)(H,25,28)(H2,24,26,29). The van der Waals surface area contributed by atoms with Crippen LogP contribution in [0.4, 0.5) is 16.2 Å². The van der Waals surface area contributed by atoms with Crippen LogP contribution >= 0.6 is 0 Å². The first kappa shape index (κ1) is 20.4. The van der Waals surface area contributed by atoms with Gasteiger partial charge in [0, 0.05) is 35.9 Å². The summed E-state index contributed by atoms with van der Waals surface area (Å²) in [5, 5.41) is 11.1. The van der Waals surface area contributed by atoms with Crippen LogP contribution < -0.4 is 21.3 Å². The van der Waals surface area contributed by atoms with Gasteiger partial charge in [-0.3, -0.25) is 9.59 Å². The number of carbonyl (C=O) groups excluding carboxylic acids is 3. The molecule has 0 atom stereocenters. The van der Waals surface area contributed by atoms with Gasteiger partial charge in [-0.2, -0.15) is 0 Å². The van der Waals surface area contributed by atoms with Gasteiger partial charge in [0.1, 0.15) is 0 Å². The molecule has 2 aromatic rings. The molecule has 0 aromatic heterocycles. The Labute approximate surface area is 170 Å². The highest BCUT2D eigenvalue weighted by atomic mass is 16.2. The minimum Gasteiger partial charge on any atom is -0.350 e. The van der Waals surface area contributed by atoms with Crippen molar-refractivity contribution in [1.29, 1.82) is 0 Å². The monoisotopic (exact) mass is 394 g/mol. The highest BCUT2D eigenvalue weighted by Gasteiger charge is 2.22. The molecule has 3 rings (SSSR count). The molecule has 0 bridgehead atoms. The quantitative estimate of drug-likeness (QED) is 0.542. The van der Waals surface area contributed by atoms with Gasteiger partial charge in [-0.25, -0.2) is 4.79 Å². The lowest BCUT2D eigenvalue weighted by Crippen LogP contribution is -2.36. The minimum absolute atomic E-state index is 0.0551. The van der Waals surface area contributed by atoms with Gasteiger partial charge in [-0.05, 0) is 49.2 Å². The third-order valence-electron chi connectivity index (χ3n) is 4.87. The topological polar surface area (TPSA) is 99.3 Å². The molecule has 1 aliphatic rings. The number of rotatable bonds is 7. The van der Waals surface area contributed by atoms with E-state index in [0.29, 0.717) is 30.0 Å². The van der Waals surface area contributed by atoms with Crippen molar-refractivity contribution in [2.24, 2.45) is 5.92 Å². The molecule has 152 valence electrons. The normalized spacial score (nSPS) is 13.5. The summed E-state index contributed by atoms with van der Waals surface area (Å²) in [6, 6.07) is 15.6. The highest BCUT2D eigenvalue weighted by Crippen LogP contribution is 2.26. The molecule has 7 nitrogen and oxygen atoms in total. The number of urea groups is 1. The predicted octanol–water partition coefficient (Wildman–Crippen LogP) is 3.37. The van der Waals surface area contributed by atoms with E-state index >= 15 is 0 Å². The van der Waals surface area contributed by atoms with Crippen LogP contribution in [-0.4, -0.2) is 30.9 Å². The number of hydrogen-bond donors (Lipinski definition) is 4. The number of anilines is 2. The third kappa shape index (κ3) is 6.34. The summed E-state index contributed by atoms with van der Waals surface area (Å²) in [4.78, 5) is 36.1. The maximum absolute atomic E-state index is 12.2. The largest absolute Gasteiger partial charge is 0.350 e. The zero-order chi connectivity index (χ0) is 20.5. The van der Waals surface area contributed by atoms with Crippen LogP contribution in [0.5, 0.6) is 0 Å². The maximum Gasteiger partial charge on any atom is 0.319 e. The first-order chi connectivity index (χ1) is 14.1. The van der Waals surface area contributed by atoms with Crippen LogP contribution in [0.15, 0.2) is 54.6 Å². The van der Waals surface area contributed by atoms with Crippen LogP contribution in [0.1, 0.15) is 36.0 Å². The molecular formula is C22H26N4O3. The summed E-state index contributed by atoms with van der Waals surface area (Å²) in [5.74, 6) is -0.0759. The van der Waals surface area contributed by atoms with Crippen molar-refractivity contribution in [1.82, 2.24) is 10.6 Å². The number of amides is 4. The van der Waals surface area contributed by atoms with Gasteiger partial charge in [0.05, 0.1) is 0 Å². The SMILES string of the molecule is O=C(NCCNC(=O)c1ccc(NC(=O)C2CCCC2)cc1)Nc1ccccc1. The Morgan fingerprint density at radius 1 is 0.759 bits per heavy atom. The zero-order valence-corrected chi connectivity index (χ0v) is 16.2. The van der Waals surface area contributed by atoms with Gasteiger partial charge in [0.25, 0.3) is 5.91 Å². The molecule has 1 saturated carbocycles. The number of nitrogens with one attached hydrogen (secondary N) is 4. The van der Waals surface area contributed by atoms with Gasteiger partial charge in [-0.15, -0.1) is 0 Å². The molecule has 0 saturated heterocycles. The van der Waals surface area contributed by atoms with Gasteiger partial charge >= 0.3 is 6.03 Å². The average Bonchev–Trinajstić information content (AvgIpc) is 3.27. The second-order valence-corrected chi connectivity index (χ2v) is 7.05. The molecule has 2 aromatic carbocycles. The Hall–Kier alpha value is -3.35. The average molecular weight is 394 g/mol. The fraction of sp³-hybridized carbons (Fsp3) is 0.318. The van der Waals surface area contributed by atoms with Crippen molar-refractivity contribution in [2.75, 3.05) is 23.7 Å². The Morgan fingerprint density at radius 3 is 2.07 bits per heavy atom. The summed E-state index contributed by atoms with van der Waals surface area (Å²) < 4.78 is 0. The first-order valence-corrected chi connectivity index (χ1v) is 9.91. The summed E-state index contributed by atoms with van der Waals surface area (Å²) in [6.07, 6.45) is 4.12. The molecule has 7 heteroatoms. The lowest BCUT2D eigenvalue weighted by atomic mass is 10.1. The van der Waals surface area contributed by atoms with Crippen LogP contribution in [0.25, 0.3) is 0 Å². The summed E-state index contributed by atoms with van der Waals surface area (Å²) in [5.41, 5.74) is 1.89. The van der Waals surface area contributed by atoms with Crippen LogP contribution in [-0.2, 0) is 4.79 Å². The summed E-state index contributed by atoms with van der Waals surface area (Å²) >= 11 is 0. The minimum atomic E-state index is -0.326. The fourth-order valence-corrected chi connectivity index (χ4v) is 3.29. The van der Waals surface area contributed by atoms with Crippen LogP contribution in [0.3, 0.4) is 0 Å². The molecular weight excluding hydrogens is 368 g/mol. The Balaban J connectivity index is 1.37. The number of benzene rings is 2. The molecule has 0 heterocycles. The Kier molecular flexibility index (Phi) is 7.22. The number of hydrogen-bond acceptors (Lipinski definition) is 3. The van der Waals surface area contributed by atoms with E-state index in [2.05, 4.69) is 21.3 Å². The molecule has 0 unspecified atom stereocenters. The number of carbonyl (C=O) groups is 3. The molecule has 4 amide bonds. The van der Waals surface area contributed by atoms with Gasteiger partial charge < -0.3 is 21.3 Å². The van der Waals surface area contributed by atoms with Crippen molar-refractivity contribution < 1.29 is 14.4 Å². The Bertz CT molecular complexity index is 831. The van der Waals surface area contributed by atoms with Crippen molar-refractivity contribution in [2.45, 2.75) is 25.7 Å². The lowest BCUT2D eigenvalue weighted by molar-refractivity contribution is -0.119. The van der Waals surface area contributed by atoms with E-state index in [0.717, 1.165) is 25.7 Å². The maximum atomic E-state index is 12.2. The Morgan fingerprint density at radius 2 is 1.38 bits per heavy atom. The molecule has 1 aliphatic carbocycles. The summed E-state index contributed by atoms with van der Waals surface area (Å²) in [6.45, 7) is 0.612. The molecule has 0 radical (unpaired) electrons. The molecule has 0 aliphatic heterocycles. The second kappa shape index (κ2) is 10.3. The highest BCUT2D eigenvalue weighted by molar-refractivity contribution is 5.96. The van der Waals surface area contributed by atoms with Crippen molar-refractivity contribution in [3.05, 3.63) is 60.2 Å². The van der Waals surface area contributed by atoms with E-state index in [-0.39, 0.29) is 23.8 Å². The molecule has 29 heavy (non-hydrogen) atoms. The fourth-order valence-electron chi connectivity index (χ4n) is 3.29. The van der Waals surface area contributed by atoms with E-state index in [9.17, 15) is 14.4 Å². The zero-order valence-electron chi connectivity index (χ0n) is 16.2. The summed E-state index contributed by atoms with van der Waals surface area (Å²) in [7, 11) is 0. The van der Waals surface area contributed by atoms with Gasteiger partial charge in [0.2, 0.25) is 5.91 Å². The van der Waals surface area contributed by atoms with Crippen LogP contribution in [0, 0.1) is 5.92 Å². The second-order valence-electron chi connectivity index (χ2n) is 7.05. The van der Waals surface area contributed by atoms with Crippen molar-refractivity contribution in [3.63, 3.8) is 0 Å². The van der Waals surface area contributed by atoms with Gasteiger partial charge in [0.15, 0.2) is 0 Å². The van der Waals surface area contributed by atoms with E-state index in [1.165, 1.54) is 0 Å². The van der Waals surface area contributed by atoms with E-state index in [1.807, 2.05) is 18.2 Å². The first-order valence-electron chi connectivity index (χ1n) is 9.91. The van der Waals surface area contributed by atoms with Crippen molar-refractivity contribution >= 4 is 29.2 Å². The molecule has 1 fully saturated rings. The van der Waals surface area contributed by atoms with E-state index in [1.54, 1.807) is 36.4 Å². The van der Waals surface area contributed by atoms with Crippen LogP contribution in [0.2, 0.25) is 0 Å². The van der Waals surface area contributed by atoms with E-state index in [4.69, 9.17) is 0 Å². The van der Waals surface area contributed by atoms with Gasteiger partial charge in [-0.1, -0.05) is 31.0 Å². The van der Waals surface area contributed by atoms with Crippen molar-refractivity contribution in [3.8, 4) is 0 Å². The van der Waals surface area contributed by atoms with E-state index < -0.39 is 0 Å². The molecule has 0 spiro atoms. The predicted molar refractivity (Wildman–Crippen MR) is 113 cm³/mol. The number of para-hydroxylation sites is 1.